The molecule has 3 heteroatoms. The van der Waals surface area contributed by atoms with E-state index in [1.165, 1.54) is 24.3 Å². The largest absolute Gasteiger partial charge is 0.380 e. The molecular weight excluding hydrogens is 182 g/mol. The van der Waals surface area contributed by atoms with E-state index < -0.39 is 0 Å². The smallest absolute Gasteiger partial charge is 0.0616 e. The molecule has 2 nitrogen and oxygen atoms in total. The van der Waals surface area contributed by atoms with E-state index >= 15 is 0 Å². The monoisotopic (exact) mass is 203 g/mol. The summed E-state index contributed by atoms with van der Waals surface area (Å²) in [6.07, 6.45) is 2.64. The van der Waals surface area contributed by atoms with E-state index in [0.717, 1.165) is 19.3 Å². The molecule has 0 aromatic carbocycles. The molecule has 0 aromatic heterocycles. The van der Waals surface area contributed by atoms with Crippen molar-refractivity contribution < 1.29 is 4.74 Å². The molecule has 1 aliphatic rings. The standard InChI is InChI=1S/C10H21NOS/c1-3-12-8-9(2)11-10-4-6-13-7-5-10/h9-11H,3-8H2,1-2H3. The summed E-state index contributed by atoms with van der Waals surface area (Å²) in [4.78, 5) is 0. The first kappa shape index (κ1) is 11.3. The zero-order chi connectivity index (χ0) is 9.52. The molecule has 1 aliphatic heterocycles. The maximum Gasteiger partial charge on any atom is 0.0616 e. The van der Waals surface area contributed by atoms with E-state index in [2.05, 4.69) is 24.0 Å². The molecular formula is C10H21NOS. The van der Waals surface area contributed by atoms with Crippen LogP contribution in [-0.4, -0.2) is 36.8 Å². The number of rotatable bonds is 5. The van der Waals surface area contributed by atoms with Crippen LogP contribution in [0.3, 0.4) is 0 Å². The minimum atomic E-state index is 0.507. The first-order valence-corrected chi connectivity index (χ1v) is 6.40. The van der Waals surface area contributed by atoms with Crippen molar-refractivity contribution in [2.24, 2.45) is 0 Å². The number of ether oxygens (including phenoxy) is 1. The van der Waals surface area contributed by atoms with Crippen LogP contribution in [0.25, 0.3) is 0 Å². The van der Waals surface area contributed by atoms with Crippen molar-refractivity contribution >= 4 is 11.8 Å². The van der Waals surface area contributed by atoms with Gasteiger partial charge in [-0.15, -0.1) is 0 Å². The van der Waals surface area contributed by atoms with Crippen LogP contribution in [0.15, 0.2) is 0 Å². The van der Waals surface area contributed by atoms with Crippen LogP contribution in [0.4, 0.5) is 0 Å². The van der Waals surface area contributed by atoms with E-state index in [4.69, 9.17) is 4.74 Å². The molecule has 0 amide bonds. The molecule has 0 aromatic rings. The molecule has 1 heterocycles. The summed E-state index contributed by atoms with van der Waals surface area (Å²) in [5.74, 6) is 2.64. The second-order valence-corrected chi connectivity index (χ2v) is 4.84. The fourth-order valence-electron chi connectivity index (χ4n) is 1.61. The molecule has 13 heavy (non-hydrogen) atoms. The molecule has 0 radical (unpaired) electrons. The van der Waals surface area contributed by atoms with Gasteiger partial charge in [0.1, 0.15) is 0 Å². The van der Waals surface area contributed by atoms with Crippen molar-refractivity contribution in [3.05, 3.63) is 0 Å². The van der Waals surface area contributed by atoms with E-state index in [-0.39, 0.29) is 0 Å². The lowest BCUT2D eigenvalue weighted by Gasteiger charge is -2.26. The summed E-state index contributed by atoms with van der Waals surface area (Å²) in [6, 6.07) is 1.24. The van der Waals surface area contributed by atoms with Gasteiger partial charge in [-0.2, -0.15) is 11.8 Å². The van der Waals surface area contributed by atoms with Crippen LogP contribution in [-0.2, 0) is 4.74 Å². The van der Waals surface area contributed by atoms with Crippen LogP contribution in [0.2, 0.25) is 0 Å². The average Bonchev–Trinajstić information content (AvgIpc) is 2.16. The van der Waals surface area contributed by atoms with Crippen LogP contribution in [0, 0.1) is 0 Å². The maximum absolute atomic E-state index is 5.37. The number of nitrogens with one attached hydrogen (secondary N) is 1. The van der Waals surface area contributed by atoms with Gasteiger partial charge in [0.15, 0.2) is 0 Å². The highest BCUT2D eigenvalue weighted by Gasteiger charge is 2.15. The zero-order valence-electron chi connectivity index (χ0n) is 8.71. The van der Waals surface area contributed by atoms with Crippen LogP contribution in [0.1, 0.15) is 26.7 Å². The third-order valence-corrected chi connectivity index (χ3v) is 3.36. The SMILES string of the molecule is CCOCC(C)NC1CCSCC1. The Morgan fingerprint density at radius 1 is 1.46 bits per heavy atom. The summed E-state index contributed by atoms with van der Waals surface area (Å²) < 4.78 is 5.37. The Morgan fingerprint density at radius 3 is 2.77 bits per heavy atom. The summed E-state index contributed by atoms with van der Waals surface area (Å²) >= 11 is 2.07. The first-order chi connectivity index (χ1) is 6.33. The summed E-state index contributed by atoms with van der Waals surface area (Å²) in [7, 11) is 0. The molecule has 78 valence electrons. The van der Waals surface area contributed by atoms with Gasteiger partial charge >= 0.3 is 0 Å². The second kappa shape index (κ2) is 6.68. The maximum atomic E-state index is 5.37. The Hall–Kier alpha value is 0.270. The van der Waals surface area contributed by atoms with Gasteiger partial charge in [-0.25, -0.2) is 0 Å². The predicted octanol–water partition coefficient (Wildman–Crippen LogP) is 1.90. The molecule has 0 bridgehead atoms. The third-order valence-electron chi connectivity index (χ3n) is 2.31. The van der Waals surface area contributed by atoms with Crippen molar-refractivity contribution in [2.45, 2.75) is 38.8 Å². The summed E-state index contributed by atoms with van der Waals surface area (Å²) in [5.41, 5.74) is 0. The molecule has 1 saturated heterocycles. The van der Waals surface area contributed by atoms with Crippen molar-refractivity contribution in [1.29, 1.82) is 0 Å². The van der Waals surface area contributed by atoms with E-state index in [1.807, 2.05) is 6.92 Å². The Kier molecular flexibility index (Phi) is 5.83. The molecule has 1 atom stereocenters. The highest BCUT2D eigenvalue weighted by atomic mass is 32.2. The number of hydrogen-bond donors (Lipinski definition) is 1. The van der Waals surface area contributed by atoms with Crippen molar-refractivity contribution in [1.82, 2.24) is 5.32 Å². The topological polar surface area (TPSA) is 21.3 Å². The minimum absolute atomic E-state index is 0.507. The molecule has 0 saturated carbocycles. The molecule has 1 unspecified atom stereocenters. The highest BCUT2D eigenvalue weighted by molar-refractivity contribution is 7.99. The van der Waals surface area contributed by atoms with Gasteiger partial charge in [-0.05, 0) is 38.2 Å². The Morgan fingerprint density at radius 2 is 2.15 bits per heavy atom. The summed E-state index contributed by atoms with van der Waals surface area (Å²) in [5, 5.41) is 3.62. The zero-order valence-corrected chi connectivity index (χ0v) is 9.53. The number of hydrogen-bond acceptors (Lipinski definition) is 3. The molecule has 0 aliphatic carbocycles. The van der Waals surface area contributed by atoms with Gasteiger partial charge in [0.2, 0.25) is 0 Å². The minimum Gasteiger partial charge on any atom is -0.380 e. The third kappa shape index (κ3) is 4.89. The second-order valence-electron chi connectivity index (χ2n) is 3.61. The first-order valence-electron chi connectivity index (χ1n) is 5.24. The van der Waals surface area contributed by atoms with Crippen LogP contribution < -0.4 is 5.32 Å². The van der Waals surface area contributed by atoms with Crippen molar-refractivity contribution in [2.75, 3.05) is 24.7 Å². The predicted molar refractivity (Wildman–Crippen MR) is 59.4 cm³/mol. The van der Waals surface area contributed by atoms with Gasteiger partial charge in [-0.1, -0.05) is 0 Å². The van der Waals surface area contributed by atoms with Gasteiger partial charge in [0, 0.05) is 18.7 Å². The van der Waals surface area contributed by atoms with Crippen molar-refractivity contribution in [3.8, 4) is 0 Å². The van der Waals surface area contributed by atoms with Crippen LogP contribution >= 0.6 is 11.8 Å². The van der Waals surface area contributed by atoms with Gasteiger partial charge in [0.05, 0.1) is 6.61 Å². The lowest BCUT2D eigenvalue weighted by atomic mass is 10.1. The number of thioether (sulfide) groups is 1. The van der Waals surface area contributed by atoms with Crippen LogP contribution in [0.5, 0.6) is 0 Å². The fraction of sp³-hybridized carbons (Fsp3) is 1.00. The normalized spacial score (nSPS) is 21.7. The van der Waals surface area contributed by atoms with E-state index in [0.29, 0.717) is 6.04 Å². The fourth-order valence-corrected chi connectivity index (χ4v) is 2.72. The van der Waals surface area contributed by atoms with Gasteiger partial charge in [-0.3, -0.25) is 0 Å². The highest BCUT2D eigenvalue weighted by Crippen LogP contribution is 2.17. The molecule has 0 spiro atoms. The Bertz CT molecular complexity index is 126. The van der Waals surface area contributed by atoms with Gasteiger partial charge in [0.25, 0.3) is 0 Å². The molecule has 1 rings (SSSR count). The van der Waals surface area contributed by atoms with Gasteiger partial charge < -0.3 is 10.1 Å². The van der Waals surface area contributed by atoms with E-state index in [1.54, 1.807) is 0 Å². The Labute approximate surface area is 85.8 Å². The molecule has 1 N–H and O–H groups in total. The van der Waals surface area contributed by atoms with E-state index in [9.17, 15) is 0 Å². The average molecular weight is 203 g/mol. The lowest BCUT2D eigenvalue weighted by Crippen LogP contribution is -2.41. The van der Waals surface area contributed by atoms with Crippen molar-refractivity contribution in [3.63, 3.8) is 0 Å². The summed E-state index contributed by atoms with van der Waals surface area (Å²) in [6.45, 7) is 5.92. The quantitative estimate of drug-likeness (QED) is 0.737. The Balaban J connectivity index is 2.07. The lowest BCUT2D eigenvalue weighted by molar-refractivity contribution is 0.123. The molecule has 1 fully saturated rings.